The van der Waals surface area contributed by atoms with E-state index in [-0.39, 0.29) is 0 Å². The van der Waals surface area contributed by atoms with Gasteiger partial charge in [0.2, 0.25) is 6.20 Å². The minimum atomic E-state index is 0.303. The molecule has 1 N–H and O–H groups in total. The maximum atomic E-state index is 9.07. The second-order valence-corrected chi connectivity index (χ2v) is 2.33. The van der Waals surface area contributed by atoms with E-state index >= 15 is 0 Å². The maximum absolute atomic E-state index is 9.07. The minimum Gasteiger partial charge on any atom is -0.503 e. The monoisotopic (exact) mass is 150 g/mol. The molecule has 2 nitrogen and oxygen atoms in total. The Balaban J connectivity index is 2.71. The van der Waals surface area contributed by atoms with Gasteiger partial charge in [-0.1, -0.05) is 6.08 Å². The number of aromatic nitrogens is 1. The van der Waals surface area contributed by atoms with Crippen molar-refractivity contribution in [2.24, 2.45) is 0 Å². The SMILES string of the molecule is C/C=C/C[n+]1cccc(O)c1. The van der Waals surface area contributed by atoms with Crippen LogP contribution in [0.2, 0.25) is 0 Å². The summed E-state index contributed by atoms with van der Waals surface area (Å²) in [5, 5.41) is 9.07. The van der Waals surface area contributed by atoms with Gasteiger partial charge in [-0.15, -0.1) is 0 Å². The van der Waals surface area contributed by atoms with Gasteiger partial charge in [0, 0.05) is 6.07 Å². The predicted octanol–water partition coefficient (Wildman–Crippen LogP) is 1.26. The largest absolute Gasteiger partial charge is 0.503 e. The van der Waals surface area contributed by atoms with Crippen LogP contribution in [-0.2, 0) is 6.54 Å². The van der Waals surface area contributed by atoms with Crippen molar-refractivity contribution in [3.63, 3.8) is 0 Å². The molecule has 1 aromatic rings. The first-order valence-corrected chi connectivity index (χ1v) is 3.62. The molecular weight excluding hydrogens is 138 g/mol. The topological polar surface area (TPSA) is 24.1 Å². The van der Waals surface area contributed by atoms with Crippen molar-refractivity contribution >= 4 is 0 Å². The van der Waals surface area contributed by atoms with Crippen molar-refractivity contribution in [2.75, 3.05) is 0 Å². The van der Waals surface area contributed by atoms with Crippen LogP contribution >= 0.6 is 0 Å². The maximum Gasteiger partial charge on any atom is 0.211 e. The number of nitrogens with zero attached hydrogens (tertiary/aromatic N) is 1. The Bertz CT molecular complexity index is 255. The van der Waals surface area contributed by atoms with Crippen molar-refractivity contribution in [1.82, 2.24) is 0 Å². The highest BCUT2D eigenvalue weighted by Crippen LogP contribution is 1.99. The molecule has 0 aliphatic carbocycles. The Hall–Kier alpha value is -1.31. The predicted molar refractivity (Wildman–Crippen MR) is 43.1 cm³/mol. The van der Waals surface area contributed by atoms with Gasteiger partial charge in [-0.2, -0.15) is 4.57 Å². The molecule has 0 unspecified atom stereocenters. The molecule has 0 atom stereocenters. The minimum absolute atomic E-state index is 0.303. The van der Waals surface area contributed by atoms with E-state index < -0.39 is 0 Å². The van der Waals surface area contributed by atoms with Crippen LogP contribution in [0.4, 0.5) is 0 Å². The zero-order valence-corrected chi connectivity index (χ0v) is 6.57. The highest BCUT2D eigenvalue weighted by atomic mass is 16.3. The van der Waals surface area contributed by atoms with Crippen LogP contribution < -0.4 is 4.57 Å². The molecule has 0 bridgehead atoms. The quantitative estimate of drug-likeness (QED) is 0.498. The lowest BCUT2D eigenvalue weighted by Crippen LogP contribution is -2.31. The van der Waals surface area contributed by atoms with E-state index in [9.17, 15) is 0 Å². The molecule has 0 saturated carbocycles. The third-order valence-electron chi connectivity index (χ3n) is 1.39. The van der Waals surface area contributed by atoms with Crippen molar-refractivity contribution in [3.05, 3.63) is 36.7 Å². The Morgan fingerprint density at radius 1 is 1.64 bits per heavy atom. The Labute approximate surface area is 66.4 Å². The zero-order chi connectivity index (χ0) is 8.10. The lowest BCUT2D eigenvalue weighted by molar-refractivity contribution is -0.687. The molecule has 11 heavy (non-hydrogen) atoms. The average Bonchev–Trinajstić information content (AvgIpc) is 2.01. The lowest BCUT2D eigenvalue weighted by atomic mass is 10.4. The number of hydrogen-bond acceptors (Lipinski definition) is 1. The molecule has 1 aromatic heterocycles. The molecule has 0 radical (unpaired) electrons. The molecule has 2 heteroatoms. The van der Waals surface area contributed by atoms with E-state index in [1.165, 1.54) is 0 Å². The fraction of sp³-hybridized carbons (Fsp3) is 0.222. The molecule has 1 heterocycles. The normalized spacial score (nSPS) is 10.6. The highest BCUT2D eigenvalue weighted by molar-refractivity contribution is 5.09. The van der Waals surface area contributed by atoms with E-state index in [0.717, 1.165) is 6.54 Å². The Morgan fingerprint density at radius 2 is 2.45 bits per heavy atom. The number of hydrogen-bond donors (Lipinski definition) is 1. The summed E-state index contributed by atoms with van der Waals surface area (Å²) in [5.74, 6) is 0.303. The molecule has 0 aromatic carbocycles. The fourth-order valence-electron chi connectivity index (χ4n) is 0.849. The van der Waals surface area contributed by atoms with Gasteiger partial charge < -0.3 is 5.11 Å². The Morgan fingerprint density at radius 3 is 3.09 bits per heavy atom. The van der Waals surface area contributed by atoms with Gasteiger partial charge in [-0.05, 0) is 19.1 Å². The molecular formula is C9H12NO+. The molecule has 1 rings (SSSR count). The first-order valence-electron chi connectivity index (χ1n) is 3.62. The Kier molecular flexibility index (Phi) is 2.66. The van der Waals surface area contributed by atoms with Gasteiger partial charge in [-0.25, -0.2) is 0 Å². The number of allylic oxidation sites excluding steroid dienone is 2. The van der Waals surface area contributed by atoms with Crippen LogP contribution in [0.15, 0.2) is 36.7 Å². The van der Waals surface area contributed by atoms with E-state index in [1.54, 1.807) is 12.3 Å². The van der Waals surface area contributed by atoms with E-state index in [1.807, 2.05) is 35.9 Å². The second-order valence-electron chi connectivity index (χ2n) is 2.33. The summed E-state index contributed by atoms with van der Waals surface area (Å²) in [4.78, 5) is 0. The summed E-state index contributed by atoms with van der Waals surface area (Å²) >= 11 is 0. The van der Waals surface area contributed by atoms with Crippen LogP contribution in [0, 0.1) is 0 Å². The summed E-state index contributed by atoms with van der Waals surface area (Å²) in [7, 11) is 0. The van der Waals surface area contributed by atoms with Gasteiger partial charge >= 0.3 is 0 Å². The van der Waals surface area contributed by atoms with Gasteiger partial charge in [0.1, 0.15) is 0 Å². The molecule has 0 aliphatic rings. The zero-order valence-electron chi connectivity index (χ0n) is 6.57. The first kappa shape index (κ1) is 7.79. The standard InChI is InChI=1S/C9H11NO/c1-2-3-6-10-7-4-5-9(11)8-10/h2-5,7-8H,6H2,1H3/p+1/b3-2+. The summed E-state index contributed by atoms with van der Waals surface area (Å²) in [6.07, 6.45) is 7.62. The van der Waals surface area contributed by atoms with Crippen molar-refractivity contribution in [1.29, 1.82) is 0 Å². The van der Waals surface area contributed by atoms with Crippen molar-refractivity contribution in [3.8, 4) is 5.75 Å². The highest BCUT2D eigenvalue weighted by Gasteiger charge is 1.96. The lowest BCUT2D eigenvalue weighted by Gasteiger charge is -1.90. The smallest absolute Gasteiger partial charge is 0.211 e. The fourth-order valence-corrected chi connectivity index (χ4v) is 0.849. The molecule has 0 aliphatic heterocycles. The number of aromatic hydroxyl groups is 1. The van der Waals surface area contributed by atoms with Crippen LogP contribution in [0.25, 0.3) is 0 Å². The second kappa shape index (κ2) is 3.76. The first-order chi connectivity index (χ1) is 5.33. The van der Waals surface area contributed by atoms with E-state index in [0.29, 0.717) is 5.75 Å². The summed E-state index contributed by atoms with van der Waals surface area (Å²) < 4.78 is 1.91. The average molecular weight is 150 g/mol. The van der Waals surface area contributed by atoms with Crippen LogP contribution in [0.5, 0.6) is 5.75 Å². The summed E-state index contributed by atoms with van der Waals surface area (Å²) in [6.45, 7) is 2.79. The van der Waals surface area contributed by atoms with Crippen molar-refractivity contribution in [2.45, 2.75) is 13.5 Å². The van der Waals surface area contributed by atoms with Crippen LogP contribution in [0.1, 0.15) is 6.92 Å². The van der Waals surface area contributed by atoms with Gasteiger partial charge in [-0.3, -0.25) is 0 Å². The number of pyridine rings is 1. The van der Waals surface area contributed by atoms with Gasteiger partial charge in [0.15, 0.2) is 18.5 Å². The molecule has 58 valence electrons. The van der Waals surface area contributed by atoms with Crippen molar-refractivity contribution < 1.29 is 9.67 Å². The van der Waals surface area contributed by atoms with Gasteiger partial charge in [0.05, 0.1) is 0 Å². The molecule has 0 spiro atoms. The molecule has 0 amide bonds. The van der Waals surface area contributed by atoms with Crippen LogP contribution in [0.3, 0.4) is 0 Å². The molecule has 0 fully saturated rings. The van der Waals surface area contributed by atoms with Crippen LogP contribution in [-0.4, -0.2) is 5.11 Å². The third kappa shape index (κ3) is 2.42. The van der Waals surface area contributed by atoms with E-state index in [2.05, 4.69) is 0 Å². The van der Waals surface area contributed by atoms with Gasteiger partial charge in [0.25, 0.3) is 0 Å². The molecule has 0 saturated heterocycles. The summed E-state index contributed by atoms with van der Waals surface area (Å²) in [6, 6.07) is 3.48. The van der Waals surface area contributed by atoms with E-state index in [4.69, 9.17) is 5.11 Å². The number of rotatable bonds is 2. The third-order valence-corrected chi connectivity index (χ3v) is 1.39. The summed E-state index contributed by atoms with van der Waals surface area (Å²) in [5.41, 5.74) is 0.